The molecule has 30 heavy (non-hydrogen) atoms. The van der Waals surface area contributed by atoms with Gasteiger partial charge in [-0.15, -0.1) is 21.5 Å². The number of rotatable bonds is 8. The number of thiophene rings is 1. The van der Waals surface area contributed by atoms with Crippen LogP contribution in [0.25, 0.3) is 11.4 Å². The third kappa shape index (κ3) is 5.29. The molecule has 10 heteroatoms. The highest BCUT2D eigenvalue weighted by molar-refractivity contribution is 9.10. The van der Waals surface area contributed by atoms with E-state index in [9.17, 15) is 4.79 Å². The number of amides is 1. The van der Waals surface area contributed by atoms with Crippen LogP contribution in [0.5, 0.6) is 0 Å². The van der Waals surface area contributed by atoms with Gasteiger partial charge in [-0.1, -0.05) is 18.7 Å². The lowest BCUT2D eigenvalue weighted by Gasteiger charge is -2.14. The minimum absolute atomic E-state index is 0.133. The number of pyridine rings is 1. The maximum absolute atomic E-state index is 12.4. The van der Waals surface area contributed by atoms with Crippen molar-refractivity contribution in [3.05, 3.63) is 39.1 Å². The first-order valence-electron chi connectivity index (χ1n) is 9.79. The van der Waals surface area contributed by atoms with Crippen LogP contribution in [-0.4, -0.2) is 44.1 Å². The van der Waals surface area contributed by atoms with Crippen LogP contribution in [0.4, 0.5) is 5.82 Å². The van der Waals surface area contributed by atoms with Gasteiger partial charge in [0.1, 0.15) is 5.82 Å². The summed E-state index contributed by atoms with van der Waals surface area (Å²) < 4.78 is 8.79. The Morgan fingerprint density at radius 2 is 2.33 bits per heavy atom. The molecule has 1 N–H and O–H groups in total. The van der Waals surface area contributed by atoms with E-state index in [0.29, 0.717) is 12.4 Å². The summed E-state index contributed by atoms with van der Waals surface area (Å²) in [4.78, 5) is 17.9. The second-order valence-corrected chi connectivity index (χ2v) is 9.76. The SMILES string of the molecule is CCc1cc(-c2nnc(SCC(=O)Nc3ccc(Br)cn3)n2CC2CCCO2)cs1. The largest absolute Gasteiger partial charge is 0.376 e. The molecule has 1 saturated heterocycles. The van der Waals surface area contributed by atoms with Gasteiger partial charge in [-0.3, -0.25) is 9.36 Å². The number of hydrogen-bond donors (Lipinski definition) is 1. The zero-order valence-electron chi connectivity index (χ0n) is 16.5. The van der Waals surface area contributed by atoms with Gasteiger partial charge in [0.25, 0.3) is 0 Å². The number of ether oxygens (including phenoxy) is 1. The van der Waals surface area contributed by atoms with Gasteiger partial charge in [-0.05, 0) is 53.4 Å². The maximum Gasteiger partial charge on any atom is 0.236 e. The summed E-state index contributed by atoms with van der Waals surface area (Å²) >= 11 is 6.45. The highest BCUT2D eigenvalue weighted by Crippen LogP contribution is 2.29. The predicted molar refractivity (Wildman–Crippen MR) is 123 cm³/mol. The molecule has 0 saturated carbocycles. The van der Waals surface area contributed by atoms with E-state index < -0.39 is 0 Å². The third-order valence-corrected chi connectivity index (χ3v) is 7.23. The van der Waals surface area contributed by atoms with Gasteiger partial charge in [0.2, 0.25) is 5.91 Å². The van der Waals surface area contributed by atoms with Crippen molar-refractivity contribution in [3.63, 3.8) is 0 Å². The molecule has 7 nitrogen and oxygen atoms in total. The predicted octanol–water partition coefficient (Wildman–Crippen LogP) is 4.64. The molecule has 1 unspecified atom stereocenters. The smallest absolute Gasteiger partial charge is 0.236 e. The molecule has 1 atom stereocenters. The van der Waals surface area contributed by atoms with Gasteiger partial charge < -0.3 is 10.1 Å². The van der Waals surface area contributed by atoms with Crippen LogP contribution < -0.4 is 5.32 Å². The van der Waals surface area contributed by atoms with Crippen molar-refractivity contribution in [2.45, 2.75) is 44.0 Å². The molecule has 0 aromatic carbocycles. The summed E-state index contributed by atoms with van der Waals surface area (Å²) in [6.07, 6.45) is 4.91. The van der Waals surface area contributed by atoms with Crippen LogP contribution in [0.2, 0.25) is 0 Å². The topological polar surface area (TPSA) is 81.9 Å². The number of aromatic nitrogens is 4. The monoisotopic (exact) mass is 507 g/mol. The summed E-state index contributed by atoms with van der Waals surface area (Å²) in [5, 5.41) is 14.5. The van der Waals surface area contributed by atoms with E-state index in [1.165, 1.54) is 16.6 Å². The van der Waals surface area contributed by atoms with Gasteiger partial charge >= 0.3 is 0 Å². The van der Waals surface area contributed by atoms with Crippen LogP contribution >= 0.6 is 39.0 Å². The first kappa shape index (κ1) is 21.5. The molecule has 4 rings (SSSR count). The minimum atomic E-state index is -0.133. The second kappa shape index (κ2) is 10.0. The second-order valence-electron chi connectivity index (χ2n) is 6.91. The highest BCUT2D eigenvalue weighted by Gasteiger charge is 2.22. The fourth-order valence-corrected chi connectivity index (χ4v) is 5.00. The summed E-state index contributed by atoms with van der Waals surface area (Å²) in [5.41, 5.74) is 1.07. The molecule has 0 spiro atoms. The van der Waals surface area contributed by atoms with Gasteiger partial charge in [0, 0.05) is 33.1 Å². The Morgan fingerprint density at radius 3 is 3.03 bits per heavy atom. The van der Waals surface area contributed by atoms with Crippen molar-refractivity contribution in [3.8, 4) is 11.4 Å². The van der Waals surface area contributed by atoms with E-state index in [1.807, 2.05) is 6.07 Å². The molecule has 1 amide bonds. The summed E-state index contributed by atoms with van der Waals surface area (Å²) in [5.74, 6) is 1.45. The number of carbonyl (C=O) groups excluding carboxylic acids is 1. The molecule has 3 aromatic heterocycles. The van der Waals surface area contributed by atoms with Gasteiger partial charge in [-0.25, -0.2) is 4.98 Å². The molecule has 1 aliphatic heterocycles. The Morgan fingerprint density at radius 1 is 1.43 bits per heavy atom. The standard InChI is InChI=1S/C20H22BrN5O2S2/c1-2-16-8-13(11-29-16)19-24-25-20(26(19)10-15-4-3-7-28-15)30-12-18(27)23-17-6-5-14(21)9-22-17/h5-6,8-9,11,15H,2-4,7,10,12H2,1H3,(H,22,23,27). The van der Waals surface area contributed by atoms with E-state index in [1.54, 1.807) is 23.6 Å². The number of carbonyl (C=O) groups is 1. The Bertz CT molecular complexity index is 999. The molecular weight excluding hydrogens is 486 g/mol. The van der Waals surface area contributed by atoms with Crippen LogP contribution in [0.3, 0.4) is 0 Å². The number of halogens is 1. The van der Waals surface area contributed by atoms with E-state index in [4.69, 9.17) is 4.74 Å². The lowest BCUT2D eigenvalue weighted by molar-refractivity contribution is -0.113. The molecule has 3 aromatic rings. The molecule has 1 fully saturated rings. The Hall–Kier alpha value is -1.75. The maximum atomic E-state index is 12.4. The number of nitrogens with one attached hydrogen (secondary N) is 1. The van der Waals surface area contributed by atoms with Crippen molar-refractivity contribution >= 4 is 50.8 Å². The fraction of sp³-hybridized carbons (Fsp3) is 0.400. The van der Waals surface area contributed by atoms with Crippen LogP contribution in [0, 0.1) is 0 Å². The van der Waals surface area contributed by atoms with E-state index in [2.05, 4.69) is 59.4 Å². The van der Waals surface area contributed by atoms with Crippen LogP contribution in [-0.2, 0) is 22.5 Å². The van der Waals surface area contributed by atoms with Gasteiger partial charge in [0.15, 0.2) is 11.0 Å². The van der Waals surface area contributed by atoms with Crippen molar-refractivity contribution in [1.82, 2.24) is 19.7 Å². The normalized spacial score (nSPS) is 16.1. The number of thioether (sulfide) groups is 1. The first-order valence-corrected chi connectivity index (χ1v) is 12.4. The average molecular weight is 508 g/mol. The van der Waals surface area contributed by atoms with E-state index >= 15 is 0 Å². The number of nitrogens with zero attached hydrogens (tertiary/aromatic N) is 4. The summed E-state index contributed by atoms with van der Waals surface area (Å²) in [6.45, 7) is 3.64. The average Bonchev–Trinajstić information content (AvgIpc) is 3.49. The number of hydrogen-bond acceptors (Lipinski definition) is 7. The highest BCUT2D eigenvalue weighted by atomic mass is 79.9. The number of aryl methyl sites for hydroxylation is 1. The summed E-state index contributed by atoms with van der Waals surface area (Å²) in [7, 11) is 0. The lowest BCUT2D eigenvalue weighted by Crippen LogP contribution is -2.18. The molecule has 4 heterocycles. The van der Waals surface area contributed by atoms with Gasteiger partial charge in [-0.2, -0.15) is 0 Å². The molecular formula is C20H22BrN5O2S2. The molecule has 0 aliphatic carbocycles. The Balaban J connectivity index is 1.48. The van der Waals surface area contributed by atoms with Crippen molar-refractivity contribution in [2.75, 3.05) is 17.7 Å². The zero-order chi connectivity index (χ0) is 20.9. The molecule has 0 bridgehead atoms. The van der Waals surface area contributed by atoms with Crippen LogP contribution in [0.1, 0.15) is 24.6 Å². The van der Waals surface area contributed by atoms with Crippen molar-refractivity contribution in [1.29, 1.82) is 0 Å². The molecule has 158 valence electrons. The van der Waals surface area contributed by atoms with Crippen molar-refractivity contribution in [2.24, 2.45) is 0 Å². The van der Waals surface area contributed by atoms with E-state index in [0.717, 1.165) is 46.9 Å². The first-order chi connectivity index (χ1) is 14.6. The molecule has 1 aliphatic rings. The summed E-state index contributed by atoms with van der Waals surface area (Å²) in [6, 6.07) is 5.76. The van der Waals surface area contributed by atoms with Crippen LogP contribution in [0.15, 0.2) is 39.4 Å². The third-order valence-electron chi connectivity index (χ3n) is 4.71. The fourth-order valence-electron chi connectivity index (χ4n) is 3.21. The number of anilines is 1. The van der Waals surface area contributed by atoms with Crippen molar-refractivity contribution < 1.29 is 9.53 Å². The van der Waals surface area contributed by atoms with E-state index in [-0.39, 0.29) is 17.8 Å². The quantitative estimate of drug-likeness (QED) is 0.447. The van der Waals surface area contributed by atoms with Gasteiger partial charge in [0.05, 0.1) is 18.4 Å². The minimum Gasteiger partial charge on any atom is -0.376 e. The Kier molecular flexibility index (Phi) is 7.19. The zero-order valence-corrected chi connectivity index (χ0v) is 19.7. The molecule has 0 radical (unpaired) electrons. The Labute approximate surface area is 191 Å². The lowest BCUT2D eigenvalue weighted by atomic mass is 10.2.